The maximum atomic E-state index is 4.90. The minimum absolute atomic E-state index is 0. The van der Waals surface area contributed by atoms with E-state index in [9.17, 15) is 0 Å². The third-order valence-corrected chi connectivity index (χ3v) is 5.57. The van der Waals surface area contributed by atoms with E-state index < -0.39 is 0 Å². The first-order chi connectivity index (χ1) is 14.8. The maximum Gasteiger partial charge on any atom is 2.00 e. The Labute approximate surface area is 229 Å². The van der Waals surface area contributed by atoms with Crippen LogP contribution in [0.25, 0.3) is 0 Å². The summed E-state index contributed by atoms with van der Waals surface area (Å²) in [5.41, 5.74) is 0. The fourth-order valence-electron chi connectivity index (χ4n) is 3.18. The van der Waals surface area contributed by atoms with E-state index in [1.54, 1.807) is 13.8 Å². The molecular weight excluding hydrogens is 519 g/mol. The molecule has 0 nitrogen and oxygen atoms in total. The van der Waals surface area contributed by atoms with Gasteiger partial charge in [0, 0.05) is 0 Å². The zero-order chi connectivity index (χ0) is 23.6. The molecule has 0 saturated carbocycles. The van der Waals surface area contributed by atoms with Crippen LogP contribution in [-0.2, 0) is 25.3 Å². The van der Waals surface area contributed by atoms with Gasteiger partial charge in [0.05, 0.1) is 0 Å². The van der Waals surface area contributed by atoms with Gasteiger partial charge in [-0.15, -0.1) is 0 Å². The topological polar surface area (TPSA) is 0 Å². The van der Waals surface area contributed by atoms with Gasteiger partial charge in [-0.2, -0.15) is 11.5 Å². The maximum absolute atomic E-state index is 4.90. The standard InChI is InChI=1S/2C12H26S.2C2H5.Sn/c2*1-2-3-4-5-6-7-8-9-10-11-12-13;2*1-2;/h2*13H,2-12H2,1H3;2*1H2,2H3;/q;;;;+2/p-2. The van der Waals surface area contributed by atoms with E-state index >= 15 is 0 Å². The Balaban J connectivity index is -0.000000122. The summed E-state index contributed by atoms with van der Waals surface area (Å²) >= 11 is 9.80. The van der Waals surface area contributed by atoms with Crippen molar-refractivity contribution in [2.24, 2.45) is 0 Å². The third-order valence-electron chi connectivity index (χ3n) is 5.00. The molecule has 0 N–H and O–H groups in total. The van der Waals surface area contributed by atoms with E-state index in [1.165, 1.54) is 128 Å². The molecule has 31 heavy (non-hydrogen) atoms. The molecule has 0 spiro atoms. The van der Waals surface area contributed by atoms with Crippen LogP contribution in [0.3, 0.4) is 0 Å². The Hall–Kier alpha value is 1.50. The van der Waals surface area contributed by atoms with Gasteiger partial charge in [-0.05, 0) is 0 Å². The second-order valence-corrected chi connectivity index (χ2v) is 8.59. The molecule has 0 aliphatic heterocycles. The summed E-state index contributed by atoms with van der Waals surface area (Å²) in [5, 5.41) is 0. The van der Waals surface area contributed by atoms with Crippen molar-refractivity contribution in [2.45, 2.75) is 156 Å². The monoisotopic (exact) mass is 580 g/mol. The third kappa shape index (κ3) is 59.3. The zero-order valence-electron chi connectivity index (χ0n) is 22.3. The molecule has 4 radical (unpaired) electrons. The van der Waals surface area contributed by atoms with Gasteiger partial charge in [0.2, 0.25) is 0 Å². The van der Waals surface area contributed by atoms with Crippen LogP contribution < -0.4 is 0 Å². The predicted molar refractivity (Wildman–Crippen MR) is 156 cm³/mol. The fraction of sp³-hybridized carbons (Fsp3) is 0.929. The number of hydrogen-bond acceptors (Lipinski definition) is 2. The molecule has 0 amide bonds. The molecule has 0 aromatic heterocycles. The number of hydrogen-bond donors (Lipinski definition) is 0. The van der Waals surface area contributed by atoms with Crippen molar-refractivity contribution < 1.29 is 0 Å². The van der Waals surface area contributed by atoms with Gasteiger partial charge < -0.3 is 25.3 Å². The van der Waals surface area contributed by atoms with Crippen molar-refractivity contribution in [3.05, 3.63) is 13.8 Å². The minimum atomic E-state index is 0. The summed E-state index contributed by atoms with van der Waals surface area (Å²) in [6, 6.07) is 0. The summed E-state index contributed by atoms with van der Waals surface area (Å²) in [6.07, 6.45) is 28.1. The largest absolute Gasteiger partial charge is 2.00 e. The molecule has 0 atom stereocenters. The summed E-state index contributed by atoms with van der Waals surface area (Å²) in [6.45, 7) is 14.5. The Morgan fingerprint density at radius 1 is 0.355 bits per heavy atom. The van der Waals surface area contributed by atoms with E-state index in [1.807, 2.05) is 0 Å². The summed E-state index contributed by atoms with van der Waals surface area (Å²) in [7, 11) is 0. The number of rotatable bonds is 20. The molecule has 0 aromatic rings. The molecule has 188 valence electrons. The molecule has 0 saturated heterocycles. The molecule has 0 aromatic carbocycles. The molecule has 0 rings (SSSR count). The van der Waals surface area contributed by atoms with Crippen LogP contribution in [0.5, 0.6) is 0 Å². The summed E-state index contributed by atoms with van der Waals surface area (Å²) in [4.78, 5) is 0. The van der Waals surface area contributed by atoms with E-state index in [4.69, 9.17) is 25.3 Å². The van der Waals surface area contributed by atoms with Gasteiger partial charge >= 0.3 is 23.9 Å². The van der Waals surface area contributed by atoms with Crippen molar-refractivity contribution in [2.75, 3.05) is 11.5 Å². The van der Waals surface area contributed by atoms with Gasteiger partial charge in [-0.3, -0.25) is 0 Å². The normalized spacial score (nSPS) is 9.29. The Bertz CT molecular complexity index is 171. The average molecular weight is 580 g/mol. The van der Waals surface area contributed by atoms with Crippen molar-refractivity contribution in [1.82, 2.24) is 0 Å². The van der Waals surface area contributed by atoms with Crippen LogP contribution in [0, 0.1) is 13.8 Å². The van der Waals surface area contributed by atoms with E-state index in [2.05, 4.69) is 27.7 Å². The Kier molecular flexibility index (Phi) is 73.0. The van der Waals surface area contributed by atoms with Crippen LogP contribution in [0.4, 0.5) is 0 Å². The second-order valence-electron chi connectivity index (χ2n) is 7.77. The Morgan fingerprint density at radius 2 is 0.516 bits per heavy atom. The van der Waals surface area contributed by atoms with Gasteiger partial charge in [-0.1, -0.05) is 170 Å². The first kappa shape index (κ1) is 42.6. The molecule has 0 aliphatic carbocycles. The SMILES string of the molecule is CCCCCCCCCCCC[S-].CCCCCCCCCCCC[S-].[CH2]C.[CH2]C.[Sn+2]. The summed E-state index contributed by atoms with van der Waals surface area (Å²) in [5.74, 6) is 1.91. The molecule has 0 heterocycles. The van der Waals surface area contributed by atoms with E-state index in [0.29, 0.717) is 0 Å². The van der Waals surface area contributed by atoms with Crippen LogP contribution in [-0.4, -0.2) is 35.4 Å². The average Bonchev–Trinajstić information content (AvgIpc) is 2.80. The Morgan fingerprint density at radius 3 is 0.677 bits per heavy atom. The van der Waals surface area contributed by atoms with E-state index in [0.717, 1.165) is 11.5 Å². The smallest absolute Gasteiger partial charge is 0.793 e. The van der Waals surface area contributed by atoms with Crippen molar-refractivity contribution >= 4 is 49.2 Å². The molecular formula is C28H60S2Sn. The fourth-order valence-corrected chi connectivity index (χ4v) is 3.59. The first-order valence-electron chi connectivity index (χ1n) is 13.4. The molecule has 0 aliphatic rings. The van der Waals surface area contributed by atoms with Gasteiger partial charge in [0.1, 0.15) is 0 Å². The molecule has 0 unspecified atom stereocenters. The van der Waals surface area contributed by atoms with Crippen molar-refractivity contribution in [3.8, 4) is 0 Å². The van der Waals surface area contributed by atoms with Crippen molar-refractivity contribution in [3.63, 3.8) is 0 Å². The molecule has 0 fully saturated rings. The van der Waals surface area contributed by atoms with Crippen LogP contribution in [0.1, 0.15) is 156 Å². The minimum Gasteiger partial charge on any atom is -0.793 e. The van der Waals surface area contributed by atoms with Gasteiger partial charge in [0.25, 0.3) is 0 Å². The first-order valence-corrected chi connectivity index (χ1v) is 14.6. The van der Waals surface area contributed by atoms with Crippen molar-refractivity contribution in [1.29, 1.82) is 0 Å². The number of unbranched alkanes of at least 4 members (excludes halogenated alkanes) is 18. The quantitative estimate of drug-likeness (QED) is 0.0800. The van der Waals surface area contributed by atoms with Crippen LogP contribution >= 0.6 is 0 Å². The van der Waals surface area contributed by atoms with Gasteiger partial charge in [-0.25, -0.2) is 0 Å². The second kappa shape index (κ2) is 53.1. The van der Waals surface area contributed by atoms with Crippen LogP contribution in [0.15, 0.2) is 0 Å². The zero-order valence-corrected chi connectivity index (χ0v) is 26.8. The predicted octanol–water partition coefficient (Wildman–Crippen LogP) is 10.2. The van der Waals surface area contributed by atoms with E-state index in [-0.39, 0.29) is 23.9 Å². The van der Waals surface area contributed by atoms with Gasteiger partial charge in [0.15, 0.2) is 0 Å². The molecule has 3 heteroatoms. The van der Waals surface area contributed by atoms with Crippen LogP contribution in [0.2, 0.25) is 0 Å². The summed E-state index contributed by atoms with van der Waals surface area (Å²) < 4.78 is 0. The molecule has 0 bridgehead atoms.